The van der Waals surface area contributed by atoms with E-state index in [1.54, 1.807) is 0 Å². The molecule has 0 aliphatic carbocycles. The molecule has 1 aromatic heterocycles. The fourth-order valence-corrected chi connectivity index (χ4v) is 4.04. The lowest BCUT2D eigenvalue weighted by Crippen LogP contribution is -2.40. The van der Waals surface area contributed by atoms with Crippen molar-refractivity contribution in [1.82, 2.24) is 15.2 Å². The van der Waals surface area contributed by atoms with E-state index < -0.39 is 0 Å². The van der Waals surface area contributed by atoms with Gasteiger partial charge >= 0.3 is 0 Å². The number of carbonyl (C=O) groups is 1. The summed E-state index contributed by atoms with van der Waals surface area (Å²) in [4.78, 5) is 29.7. The van der Waals surface area contributed by atoms with E-state index in [9.17, 15) is 9.59 Å². The van der Waals surface area contributed by atoms with Gasteiger partial charge in [0.05, 0.1) is 0 Å². The van der Waals surface area contributed by atoms with E-state index >= 15 is 0 Å². The van der Waals surface area contributed by atoms with Crippen molar-refractivity contribution in [2.24, 2.45) is 0 Å². The van der Waals surface area contributed by atoms with Crippen LogP contribution in [-0.4, -0.2) is 41.5 Å². The summed E-state index contributed by atoms with van der Waals surface area (Å²) in [6.07, 6.45) is 6.97. The Balaban J connectivity index is 1.41. The third-order valence-corrected chi connectivity index (χ3v) is 5.62. The number of aryl methyl sites for hydroxylation is 1. The number of fused-ring (bicyclic) bond motifs is 1. The highest BCUT2D eigenvalue weighted by atomic mass is 16.1. The first-order valence-electron chi connectivity index (χ1n) is 10.3. The fourth-order valence-electron chi connectivity index (χ4n) is 4.04. The Morgan fingerprint density at radius 3 is 3.00 bits per heavy atom. The molecular formula is C22H31N3O2. The minimum atomic E-state index is -0.0998. The molecule has 5 nitrogen and oxygen atoms in total. The fraction of sp³-hybridized carbons (Fsp3) is 0.545. The zero-order valence-corrected chi connectivity index (χ0v) is 16.3. The van der Waals surface area contributed by atoms with Gasteiger partial charge in [-0.15, -0.1) is 0 Å². The average molecular weight is 370 g/mol. The van der Waals surface area contributed by atoms with Crippen LogP contribution >= 0.6 is 0 Å². The molecule has 1 aliphatic rings. The molecule has 1 aromatic carbocycles. The molecule has 2 heterocycles. The Morgan fingerprint density at radius 2 is 2.15 bits per heavy atom. The summed E-state index contributed by atoms with van der Waals surface area (Å²) in [5, 5.41) is 4.00. The van der Waals surface area contributed by atoms with Crippen molar-refractivity contribution in [2.75, 3.05) is 19.6 Å². The van der Waals surface area contributed by atoms with Gasteiger partial charge in [0, 0.05) is 36.6 Å². The largest absolute Gasteiger partial charge is 0.356 e. The second-order valence-electron chi connectivity index (χ2n) is 7.51. The number of hydrogen-bond acceptors (Lipinski definition) is 3. The van der Waals surface area contributed by atoms with Gasteiger partial charge in [-0.1, -0.05) is 31.5 Å². The number of aromatic nitrogens is 1. The summed E-state index contributed by atoms with van der Waals surface area (Å²) in [7, 11) is 0. The van der Waals surface area contributed by atoms with Crippen molar-refractivity contribution in [1.29, 1.82) is 0 Å². The van der Waals surface area contributed by atoms with Gasteiger partial charge in [0.1, 0.15) is 0 Å². The van der Waals surface area contributed by atoms with Crippen molar-refractivity contribution in [3.05, 3.63) is 46.2 Å². The first-order valence-corrected chi connectivity index (χ1v) is 10.3. The average Bonchev–Trinajstić information content (AvgIpc) is 2.70. The molecule has 1 atom stereocenters. The van der Waals surface area contributed by atoms with Crippen molar-refractivity contribution in [3.8, 4) is 0 Å². The van der Waals surface area contributed by atoms with Crippen LogP contribution in [-0.2, 0) is 11.2 Å². The van der Waals surface area contributed by atoms with E-state index in [0.717, 1.165) is 23.9 Å². The number of nitrogens with one attached hydrogen (secondary N) is 2. The van der Waals surface area contributed by atoms with E-state index in [1.807, 2.05) is 30.3 Å². The third kappa shape index (κ3) is 5.42. The second-order valence-corrected chi connectivity index (χ2v) is 7.51. The molecule has 0 radical (unpaired) electrons. The first kappa shape index (κ1) is 19.6. The van der Waals surface area contributed by atoms with Crippen molar-refractivity contribution in [2.45, 2.75) is 57.9 Å². The molecule has 0 saturated carbocycles. The Morgan fingerprint density at radius 1 is 1.30 bits per heavy atom. The van der Waals surface area contributed by atoms with E-state index in [4.69, 9.17) is 0 Å². The molecular weight excluding hydrogens is 338 g/mol. The van der Waals surface area contributed by atoms with Gasteiger partial charge in [0.25, 0.3) is 5.56 Å². The van der Waals surface area contributed by atoms with E-state index in [0.29, 0.717) is 31.0 Å². The molecule has 1 aliphatic heterocycles. The molecule has 0 spiro atoms. The van der Waals surface area contributed by atoms with Crippen LogP contribution in [0.3, 0.4) is 0 Å². The van der Waals surface area contributed by atoms with Crippen LogP contribution in [0.1, 0.15) is 51.0 Å². The number of amides is 1. The molecule has 1 fully saturated rings. The normalized spacial score (nSPS) is 17.9. The maximum atomic E-state index is 12.1. The zero-order valence-electron chi connectivity index (χ0n) is 16.3. The summed E-state index contributed by atoms with van der Waals surface area (Å²) in [5.74, 6) is 0.0215. The molecule has 1 amide bonds. The standard InChI is InChI=1S/C22H31N3O2/c1-2-19-9-5-6-14-25(19)15-7-13-23-21(26)12-11-18-16-17-8-3-4-10-20(17)24-22(18)27/h3-4,8,10,16,19H,2,5-7,9,11-15H2,1H3,(H,23,26)(H,24,27)/t19-/m0/s1. The van der Waals surface area contributed by atoms with Crippen LogP contribution in [0.2, 0.25) is 0 Å². The quantitative estimate of drug-likeness (QED) is 0.702. The third-order valence-electron chi connectivity index (χ3n) is 5.62. The predicted octanol–water partition coefficient (Wildman–Crippen LogP) is 3.23. The number of piperidine rings is 1. The molecule has 1 saturated heterocycles. The number of nitrogens with zero attached hydrogens (tertiary/aromatic N) is 1. The van der Waals surface area contributed by atoms with Gasteiger partial charge in [-0.2, -0.15) is 0 Å². The van der Waals surface area contributed by atoms with Gasteiger partial charge in [0.15, 0.2) is 0 Å². The van der Waals surface area contributed by atoms with Crippen LogP contribution in [0.5, 0.6) is 0 Å². The Bertz CT molecular complexity index is 815. The number of carbonyl (C=O) groups excluding carboxylic acids is 1. The van der Waals surface area contributed by atoms with Crippen molar-refractivity contribution < 1.29 is 4.79 Å². The van der Waals surface area contributed by atoms with Crippen molar-refractivity contribution in [3.63, 3.8) is 0 Å². The number of H-pyrrole nitrogens is 1. The monoisotopic (exact) mass is 369 g/mol. The van der Waals surface area contributed by atoms with Gasteiger partial charge < -0.3 is 15.2 Å². The number of pyridine rings is 1. The predicted molar refractivity (Wildman–Crippen MR) is 110 cm³/mol. The van der Waals surface area contributed by atoms with Gasteiger partial charge in [-0.05, 0) is 56.2 Å². The number of para-hydroxylation sites is 1. The summed E-state index contributed by atoms with van der Waals surface area (Å²) in [6, 6.07) is 10.3. The SMILES string of the molecule is CC[C@H]1CCCCN1CCCNC(=O)CCc1cc2ccccc2[nH]c1=O. The number of aromatic amines is 1. The van der Waals surface area contributed by atoms with Gasteiger partial charge in [-0.3, -0.25) is 9.59 Å². The molecule has 5 heteroatoms. The minimum absolute atomic E-state index is 0.0215. The van der Waals surface area contributed by atoms with E-state index in [1.165, 1.54) is 32.2 Å². The molecule has 146 valence electrons. The number of rotatable bonds is 8. The first-order chi connectivity index (χ1) is 13.2. The lowest BCUT2D eigenvalue weighted by molar-refractivity contribution is -0.121. The lowest BCUT2D eigenvalue weighted by atomic mass is 10.00. The lowest BCUT2D eigenvalue weighted by Gasteiger charge is -2.35. The minimum Gasteiger partial charge on any atom is -0.356 e. The Kier molecular flexibility index (Phi) is 7.04. The highest BCUT2D eigenvalue weighted by molar-refractivity contribution is 5.79. The Labute approximate surface area is 161 Å². The molecule has 3 rings (SSSR count). The highest BCUT2D eigenvalue weighted by Gasteiger charge is 2.19. The summed E-state index contributed by atoms with van der Waals surface area (Å²) in [6.45, 7) is 5.22. The second kappa shape index (κ2) is 9.70. The molecule has 27 heavy (non-hydrogen) atoms. The summed E-state index contributed by atoms with van der Waals surface area (Å²) in [5.41, 5.74) is 1.40. The zero-order chi connectivity index (χ0) is 19.1. The van der Waals surface area contributed by atoms with Crippen LogP contribution < -0.4 is 10.9 Å². The molecule has 0 bridgehead atoms. The van der Waals surface area contributed by atoms with Crippen molar-refractivity contribution >= 4 is 16.8 Å². The number of benzene rings is 1. The number of likely N-dealkylation sites (tertiary alicyclic amines) is 1. The maximum absolute atomic E-state index is 12.1. The van der Waals surface area contributed by atoms with Crippen LogP contribution in [0.15, 0.2) is 35.1 Å². The topological polar surface area (TPSA) is 65.2 Å². The van der Waals surface area contributed by atoms with E-state index in [2.05, 4.69) is 22.1 Å². The van der Waals surface area contributed by atoms with Gasteiger partial charge in [-0.25, -0.2) is 0 Å². The summed E-state index contributed by atoms with van der Waals surface area (Å²) < 4.78 is 0. The Hall–Kier alpha value is -2.14. The molecule has 2 N–H and O–H groups in total. The summed E-state index contributed by atoms with van der Waals surface area (Å²) >= 11 is 0. The van der Waals surface area contributed by atoms with Crippen LogP contribution in [0.4, 0.5) is 0 Å². The van der Waals surface area contributed by atoms with E-state index in [-0.39, 0.29) is 11.5 Å². The molecule has 0 unspecified atom stereocenters. The van der Waals surface area contributed by atoms with Crippen LogP contribution in [0.25, 0.3) is 10.9 Å². The van der Waals surface area contributed by atoms with Gasteiger partial charge in [0.2, 0.25) is 5.91 Å². The maximum Gasteiger partial charge on any atom is 0.251 e. The highest BCUT2D eigenvalue weighted by Crippen LogP contribution is 2.19. The molecule has 2 aromatic rings. The smallest absolute Gasteiger partial charge is 0.251 e. The van der Waals surface area contributed by atoms with Crippen LogP contribution in [0, 0.1) is 0 Å². The number of hydrogen-bond donors (Lipinski definition) is 2.